The van der Waals surface area contributed by atoms with Gasteiger partial charge in [-0.15, -0.1) is 0 Å². The van der Waals surface area contributed by atoms with Gasteiger partial charge in [0.25, 0.3) is 0 Å². The summed E-state index contributed by atoms with van der Waals surface area (Å²) in [5.41, 5.74) is 2.29. The molecule has 0 aliphatic carbocycles. The Morgan fingerprint density at radius 2 is 1.94 bits per heavy atom. The molecule has 2 rings (SSSR count). The first-order valence-electron chi connectivity index (χ1n) is 5.40. The average Bonchev–Trinajstić information content (AvgIpc) is 2.33. The Bertz CT molecular complexity index is 531. The molecule has 0 radical (unpaired) electrons. The van der Waals surface area contributed by atoms with Gasteiger partial charge >= 0.3 is 0 Å². The van der Waals surface area contributed by atoms with Gasteiger partial charge in [-0.3, -0.25) is 4.79 Å². The van der Waals surface area contributed by atoms with Crippen LogP contribution in [-0.4, -0.2) is 13.0 Å². The van der Waals surface area contributed by atoms with Crippen LogP contribution in [0.3, 0.4) is 0 Å². The standard InChI is InChI=1S/C14H15NO/c1-10-12(9-14(16)15-2)8-7-11-5-3-4-6-13(10)11/h3-8H,9H2,1-2H3,(H,15,16). The normalized spacial score (nSPS) is 10.4. The van der Waals surface area contributed by atoms with Crippen LogP contribution >= 0.6 is 0 Å². The van der Waals surface area contributed by atoms with Crippen molar-refractivity contribution in [2.45, 2.75) is 13.3 Å². The number of benzene rings is 2. The summed E-state index contributed by atoms with van der Waals surface area (Å²) < 4.78 is 0. The van der Waals surface area contributed by atoms with Crippen LogP contribution in [0, 0.1) is 6.92 Å². The van der Waals surface area contributed by atoms with Crippen molar-refractivity contribution < 1.29 is 4.79 Å². The second kappa shape index (κ2) is 4.35. The third kappa shape index (κ3) is 1.91. The number of carbonyl (C=O) groups is 1. The van der Waals surface area contributed by atoms with E-state index in [2.05, 4.69) is 30.4 Å². The Morgan fingerprint density at radius 3 is 2.69 bits per heavy atom. The van der Waals surface area contributed by atoms with Gasteiger partial charge in [-0.2, -0.15) is 0 Å². The first-order chi connectivity index (χ1) is 7.72. The second-order valence-corrected chi connectivity index (χ2v) is 3.92. The molecule has 0 unspecified atom stereocenters. The van der Waals surface area contributed by atoms with E-state index in [-0.39, 0.29) is 5.91 Å². The number of hydrogen-bond donors (Lipinski definition) is 1. The lowest BCUT2D eigenvalue weighted by molar-refractivity contribution is -0.119. The topological polar surface area (TPSA) is 29.1 Å². The molecule has 0 bridgehead atoms. The van der Waals surface area contributed by atoms with E-state index in [0.29, 0.717) is 6.42 Å². The van der Waals surface area contributed by atoms with E-state index in [1.165, 1.54) is 16.3 Å². The molecule has 0 fully saturated rings. The molecule has 2 nitrogen and oxygen atoms in total. The molecule has 0 saturated heterocycles. The van der Waals surface area contributed by atoms with Crippen LogP contribution < -0.4 is 5.32 Å². The fraction of sp³-hybridized carbons (Fsp3) is 0.214. The maximum absolute atomic E-state index is 11.4. The molecule has 16 heavy (non-hydrogen) atoms. The van der Waals surface area contributed by atoms with Crippen LogP contribution in [0.4, 0.5) is 0 Å². The molecule has 2 heteroatoms. The van der Waals surface area contributed by atoms with Crippen LogP contribution in [0.2, 0.25) is 0 Å². The van der Waals surface area contributed by atoms with E-state index < -0.39 is 0 Å². The van der Waals surface area contributed by atoms with E-state index >= 15 is 0 Å². The zero-order chi connectivity index (χ0) is 11.5. The number of carbonyl (C=O) groups excluding carboxylic acids is 1. The summed E-state index contributed by atoms with van der Waals surface area (Å²) in [6, 6.07) is 12.3. The highest BCUT2D eigenvalue weighted by atomic mass is 16.1. The van der Waals surface area contributed by atoms with Crippen LogP contribution in [0.15, 0.2) is 36.4 Å². The lowest BCUT2D eigenvalue weighted by atomic mass is 9.98. The van der Waals surface area contributed by atoms with Crippen molar-refractivity contribution >= 4 is 16.7 Å². The van der Waals surface area contributed by atoms with Gasteiger partial charge in [0.15, 0.2) is 0 Å². The number of aryl methyl sites for hydroxylation is 1. The predicted octanol–water partition coefficient (Wildman–Crippen LogP) is 2.44. The molecule has 1 N–H and O–H groups in total. The molecule has 0 aromatic heterocycles. The number of amides is 1. The highest BCUT2D eigenvalue weighted by Crippen LogP contribution is 2.21. The summed E-state index contributed by atoms with van der Waals surface area (Å²) >= 11 is 0. The van der Waals surface area contributed by atoms with Crippen LogP contribution in [0.25, 0.3) is 10.8 Å². The zero-order valence-electron chi connectivity index (χ0n) is 9.58. The Hall–Kier alpha value is -1.83. The van der Waals surface area contributed by atoms with Gasteiger partial charge in [0.2, 0.25) is 5.91 Å². The maximum Gasteiger partial charge on any atom is 0.224 e. The molecule has 0 aliphatic rings. The van der Waals surface area contributed by atoms with Crippen molar-refractivity contribution in [2.24, 2.45) is 0 Å². The van der Waals surface area contributed by atoms with Crippen molar-refractivity contribution in [1.29, 1.82) is 0 Å². The van der Waals surface area contributed by atoms with E-state index in [9.17, 15) is 4.79 Å². The Kier molecular flexibility index (Phi) is 2.91. The summed E-state index contributed by atoms with van der Waals surface area (Å²) in [5, 5.41) is 5.10. The maximum atomic E-state index is 11.4. The summed E-state index contributed by atoms with van der Waals surface area (Å²) in [6.07, 6.45) is 0.452. The third-order valence-corrected chi connectivity index (χ3v) is 2.94. The molecular formula is C14H15NO. The number of likely N-dealkylation sites (N-methyl/N-ethyl adjacent to an activating group) is 1. The summed E-state index contributed by atoms with van der Waals surface area (Å²) in [5.74, 6) is 0.0541. The first kappa shape index (κ1) is 10.7. The molecule has 0 saturated carbocycles. The molecule has 1 amide bonds. The van der Waals surface area contributed by atoms with Gasteiger partial charge < -0.3 is 5.32 Å². The van der Waals surface area contributed by atoms with Crippen molar-refractivity contribution in [3.05, 3.63) is 47.5 Å². The van der Waals surface area contributed by atoms with Crippen molar-refractivity contribution in [3.8, 4) is 0 Å². The monoisotopic (exact) mass is 213 g/mol. The number of rotatable bonds is 2. The van der Waals surface area contributed by atoms with Gasteiger partial charge in [0.05, 0.1) is 6.42 Å². The molecule has 2 aromatic rings. The highest BCUT2D eigenvalue weighted by molar-refractivity contribution is 5.88. The molecule has 2 aromatic carbocycles. The summed E-state index contributed by atoms with van der Waals surface area (Å²) in [7, 11) is 1.67. The summed E-state index contributed by atoms with van der Waals surface area (Å²) in [6.45, 7) is 2.07. The van der Waals surface area contributed by atoms with Gasteiger partial charge in [0.1, 0.15) is 0 Å². The van der Waals surface area contributed by atoms with E-state index in [1.54, 1.807) is 7.05 Å². The number of nitrogens with one attached hydrogen (secondary N) is 1. The largest absolute Gasteiger partial charge is 0.359 e. The van der Waals surface area contributed by atoms with E-state index in [4.69, 9.17) is 0 Å². The quantitative estimate of drug-likeness (QED) is 0.815. The van der Waals surface area contributed by atoms with Crippen molar-refractivity contribution in [1.82, 2.24) is 5.32 Å². The molecule has 0 spiro atoms. The lowest BCUT2D eigenvalue weighted by Gasteiger charge is -2.08. The zero-order valence-corrected chi connectivity index (χ0v) is 9.58. The minimum absolute atomic E-state index is 0.0541. The Balaban J connectivity index is 2.48. The van der Waals surface area contributed by atoms with Crippen molar-refractivity contribution in [3.63, 3.8) is 0 Å². The van der Waals surface area contributed by atoms with Gasteiger partial charge in [-0.05, 0) is 28.8 Å². The lowest BCUT2D eigenvalue weighted by Crippen LogP contribution is -2.20. The van der Waals surface area contributed by atoms with Crippen LogP contribution in [-0.2, 0) is 11.2 Å². The molecule has 0 heterocycles. The number of fused-ring (bicyclic) bond motifs is 1. The minimum atomic E-state index is 0.0541. The molecular weight excluding hydrogens is 198 g/mol. The molecule has 0 atom stereocenters. The Morgan fingerprint density at radius 1 is 1.19 bits per heavy atom. The second-order valence-electron chi connectivity index (χ2n) is 3.92. The molecule has 82 valence electrons. The minimum Gasteiger partial charge on any atom is -0.359 e. The van der Waals surface area contributed by atoms with E-state index in [1.807, 2.05) is 18.2 Å². The summed E-state index contributed by atoms with van der Waals surface area (Å²) in [4.78, 5) is 11.4. The average molecular weight is 213 g/mol. The van der Waals surface area contributed by atoms with E-state index in [0.717, 1.165) is 5.56 Å². The van der Waals surface area contributed by atoms with Crippen molar-refractivity contribution in [2.75, 3.05) is 7.05 Å². The predicted molar refractivity (Wildman–Crippen MR) is 66.5 cm³/mol. The molecule has 0 aliphatic heterocycles. The third-order valence-electron chi connectivity index (χ3n) is 2.94. The SMILES string of the molecule is CNC(=O)Cc1ccc2ccccc2c1C. The van der Waals surface area contributed by atoms with Gasteiger partial charge in [-0.1, -0.05) is 36.4 Å². The van der Waals surface area contributed by atoms with Crippen LogP contribution in [0.5, 0.6) is 0 Å². The number of hydrogen-bond acceptors (Lipinski definition) is 1. The van der Waals surface area contributed by atoms with Crippen LogP contribution in [0.1, 0.15) is 11.1 Å². The smallest absolute Gasteiger partial charge is 0.224 e. The highest BCUT2D eigenvalue weighted by Gasteiger charge is 2.06. The Labute approximate surface area is 95.3 Å². The fourth-order valence-corrected chi connectivity index (χ4v) is 1.93. The van der Waals surface area contributed by atoms with Gasteiger partial charge in [0, 0.05) is 7.05 Å². The van der Waals surface area contributed by atoms with Gasteiger partial charge in [-0.25, -0.2) is 0 Å². The fourth-order valence-electron chi connectivity index (χ4n) is 1.93. The first-order valence-corrected chi connectivity index (χ1v) is 5.40.